The van der Waals surface area contributed by atoms with Crippen LogP contribution in [0.2, 0.25) is 0 Å². The summed E-state index contributed by atoms with van der Waals surface area (Å²) < 4.78 is 11.0. The van der Waals surface area contributed by atoms with E-state index in [4.69, 9.17) is 9.47 Å². The maximum absolute atomic E-state index is 11.9. The molecule has 2 N–H and O–H groups in total. The number of ether oxygens (including phenoxy) is 2. The van der Waals surface area contributed by atoms with E-state index in [1.165, 1.54) is 0 Å². The second-order valence-corrected chi connectivity index (χ2v) is 7.34. The average molecular weight is 384 g/mol. The Bertz CT molecular complexity index is 770. The molecule has 2 aromatic carbocycles. The SMILES string of the molecule is CC(C)(C)OC(=O)NCC(=O)NCCc1ccccc1OCc1ccccc1. The largest absolute Gasteiger partial charge is 0.489 e. The van der Waals surface area contributed by atoms with Crippen LogP contribution in [0.1, 0.15) is 31.9 Å². The van der Waals surface area contributed by atoms with Crippen molar-refractivity contribution in [2.45, 2.75) is 39.4 Å². The molecule has 2 amide bonds. The normalized spacial score (nSPS) is 10.8. The van der Waals surface area contributed by atoms with Gasteiger partial charge in [-0.15, -0.1) is 0 Å². The highest BCUT2D eigenvalue weighted by atomic mass is 16.6. The van der Waals surface area contributed by atoms with Crippen LogP contribution in [0.5, 0.6) is 5.75 Å². The Labute approximate surface area is 166 Å². The summed E-state index contributed by atoms with van der Waals surface area (Å²) in [5.74, 6) is 0.529. The fraction of sp³-hybridized carbons (Fsp3) is 0.364. The van der Waals surface area contributed by atoms with Gasteiger partial charge in [-0.05, 0) is 44.4 Å². The van der Waals surface area contributed by atoms with Crippen molar-refractivity contribution >= 4 is 12.0 Å². The van der Waals surface area contributed by atoms with Crippen LogP contribution in [0, 0.1) is 0 Å². The lowest BCUT2D eigenvalue weighted by atomic mass is 10.1. The number of hydrogen-bond acceptors (Lipinski definition) is 4. The van der Waals surface area contributed by atoms with E-state index in [1.807, 2.05) is 54.6 Å². The van der Waals surface area contributed by atoms with Crippen molar-refractivity contribution in [3.05, 3.63) is 65.7 Å². The Kier molecular flexibility index (Phi) is 7.87. The standard InChI is InChI=1S/C22H28N2O4/c1-22(2,3)28-21(26)24-15-20(25)23-14-13-18-11-7-8-12-19(18)27-16-17-9-5-4-6-10-17/h4-12H,13-16H2,1-3H3,(H,23,25)(H,24,26). The molecule has 6 nitrogen and oxygen atoms in total. The van der Waals surface area contributed by atoms with Crippen molar-refractivity contribution in [3.8, 4) is 5.75 Å². The maximum Gasteiger partial charge on any atom is 0.408 e. The molecule has 0 radical (unpaired) electrons. The number of alkyl carbamates (subject to hydrolysis) is 1. The molecule has 0 fully saturated rings. The summed E-state index contributed by atoms with van der Waals surface area (Å²) in [4.78, 5) is 23.4. The lowest BCUT2D eigenvalue weighted by Gasteiger charge is -2.19. The van der Waals surface area contributed by atoms with Gasteiger partial charge in [-0.1, -0.05) is 48.5 Å². The van der Waals surface area contributed by atoms with Crippen molar-refractivity contribution in [2.75, 3.05) is 13.1 Å². The molecule has 0 spiro atoms. The minimum absolute atomic E-state index is 0.124. The first-order valence-electron chi connectivity index (χ1n) is 9.32. The number of benzene rings is 2. The summed E-state index contributed by atoms with van der Waals surface area (Å²) in [6.45, 7) is 6.11. The molecule has 0 saturated heterocycles. The maximum atomic E-state index is 11.9. The van der Waals surface area contributed by atoms with E-state index < -0.39 is 11.7 Å². The van der Waals surface area contributed by atoms with Gasteiger partial charge in [-0.25, -0.2) is 4.79 Å². The lowest BCUT2D eigenvalue weighted by molar-refractivity contribution is -0.120. The number of hydrogen-bond donors (Lipinski definition) is 2. The predicted octanol–water partition coefficient (Wildman–Crippen LogP) is 3.45. The minimum Gasteiger partial charge on any atom is -0.489 e. The van der Waals surface area contributed by atoms with E-state index in [1.54, 1.807) is 20.8 Å². The molecule has 0 aromatic heterocycles. The first kappa shape index (κ1) is 21.3. The zero-order valence-corrected chi connectivity index (χ0v) is 16.7. The van der Waals surface area contributed by atoms with Crippen LogP contribution in [0.4, 0.5) is 4.79 Å². The zero-order chi connectivity index (χ0) is 20.4. The van der Waals surface area contributed by atoms with Gasteiger partial charge in [0, 0.05) is 6.54 Å². The Morgan fingerprint density at radius 1 is 0.929 bits per heavy atom. The second kappa shape index (κ2) is 10.3. The molecule has 0 unspecified atom stereocenters. The van der Waals surface area contributed by atoms with Gasteiger partial charge < -0.3 is 20.1 Å². The third kappa shape index (κ3) is 8.12. The van der Waals surface area contributed by atoms with Crippen LogP contribution in [0.15, 0.2) is 54.6 Å². The van der Waals surface area contributed by atoms with Crippen molar-refractivity contribution < 1.29 is 19.1 Å². The van der Waals surface area contributed by atoms with Crippen molar-refractivity contribution in [2.24, 2.45) is 0 Å². The van der Waals surface area contributed by atoms with Crippen molar-refractivity contribution in [1.29, 1.82) is 0 Å². The summed E-state index contributed by atoms with van der Waals surface area (Å²) in [6.07, 6.45) is 0.0191. The second-order valence-electron chi connectivity index (χ2n) is 7.34. The molecule has 0 heterocycles. The molecule has 28 heavy (non-hydrogen) atoms. The molecule has 0 saturated carbocycles. The van der Waals surface area contributed by atoms with Crippen LogP contribution in [-0.2, 0) is 22.6 Å². The first-order chi connectivity index (χ1) is 13.3. The molecule has 0 aliphatic rings. The molecule has 0 aliphatic heterocycles. The fourth-order valence-corrected chi connectivity index (χ4v) is 2.45. The van der Waals surface area contributed by atoms with Crippen LogP contribution < -0.4 is 15.4 Å². The smallest absolute Gasteiger partial charge is 0.408 e. The topological polar surface area (TPSA) is 76.7 Å². The summed E-state index contributed by atoms with van der Waals surface area (Å²) in [6, 6.07) is 17.7. The quantitative estimate of drug-likeness (QED) is 0.731. The van der Waals surface area contributed by atoms with E-state index >= 15 is 0 Å². The number of carbonyl (C=O) groups is 2. The lowest BCUT2D eigenvalue weighted by Crippen LogP contribution is -2.40. The van der Waals surface area contributed by atoms with Gasteiger partial charge in [-0.2, -0.15) is 0 Å². The Hall–Kier alpha value is -3.02. The number of rotatable bonds is 8. The highest BCUT2D eigenvalue weighted by molar-refractivity contribution is 5.82. The molecule has 2 rings (SSSR count). The van der Waals surface area contributed by atoms with Gasteiger partial charge in [0.15, 0.2) is 0 Å². The minimum atomic E-state index is -0.609. The average Bonchev–Trinajstić information content (AvgIpc) is 2.65. The molecule has 6 heteroatoms. The summed E-state index contributed by atoms with van der Waals surface area (Å²) in [7, 11) is 0. The van der Waals surface area contributed by atoms with Crippen LogP contribution in [0.25, 0.3) is 0 Å². The highest BCUT2D eigenvalue weighted by Gasteiger charge is 2.16. The van der Waals surface area contributed by atoms with Gasteiger partial charge >= 0.3 is 6.09 Å². The molecule has 2 aromatic rings. The number of para-hydroxylation sites is 1. The van der Waals surface area contributed by atoms with Crippen LogP contribution in [-0.4, -0.2) is 30.7 Å². The number of carbonyl (C=O) groups excluding carboxylic acids is 2. The summed E-state index contributed by atoms with van der Waals surface area (Å²) in [5.41, 5.74) is 1.52. The van der Waals surface area contributed by atoms with Crippen molar-refractivity contribution in [1.82, 2.24) is 10.6 Å². The van der Waals surface area contributed by atoms with Gasteiger partial charge in [0.1, 0.15) is 18.0 Å². The molecular weight excluding hydrogens is 356 g/mol. The third-order valence-corrected chi connectivity index (χ3v) is 3.72. The first-order valence-corrected chi connectivity index (χ1v) is 9.32. The number of amides is 2. The third-order valence-electron chi connectivity index (χ3n) is 3.72. The molecule has 0 aliphatic carbocycles. The molecule has 0 bridgehead atoms. The van der Waals surface area contributed by atoms with Gasteiger partial charge in [-0.3, -0.25) is 4.79 Å². The molecule has 0 atom stereocenters. The zero-order valence-electron chi connectivity index (χ0n) is 16.7. The Balaban J connectivity index is 1.75. The molecule has 150 valence electrons. The Morgan fingerprint density at radius 2 is 1.61 bits per heavy atom. The van der Waals surface area contributed by atoms with Gasteiger partial charge in [0.05, 0.1) is 6.54 Å². The van der Waals surface area contributed by atoms with Crippen molar-refractivity contribution in [3.63, 3.8) is 0 Å². The summed E-state index contributed by atoms with van der Waals surface area (Å²) >= 11 is 0. The number of nitrogens with one attached hydrogen (secondary N) is 2. The highest BCUT2D eigenvalue weighted by Crippen LogP contribution is 2.19. The van der Waals surface area contributed by atoms with Crippen LogP contribution >= 0.6 is 0 Å². The fourth-order valence-electron chi connectivity index (χ4n) is 2.45. The van der Waals surface area contributed by atoms with Gasteiger partial charge in [0.2, 0.25) is 5.91 Å². The van der Waals surface area contributed by atoms with E-state index in [-0.39, 0.29) is 12.5 Å². The predicted molar refractivity (Wildman–Crippen MR) is 108 cm³/mol. The van der Waals surface area contributed by atoms with Gasteiger partial charge in [0.25, 0.3) is 0 Å². The van der Waals surface area contributed by atoms with E-state index in [9.17, 15) is 9.59 Å². The van der Waals surface area contributed by atoms with E-state index in [2.05, 4.69) is 10.6 Å². The van der Waals surface area contributed by atoms with E-state index in [0.29, 0.717) is 19.6 Å². The Morgan fingerprint density at radius 3 is 2.32 bits per heavy atom. The van der Waals surface area contributed by atoms with Crippen LogP contribution in [0.3, 0.4) is 0 Å². The summed E-state index contributed by atoms with van der Waals surface area (Å²) in [5, 5.41) is 5.23. The monoisotopic (exact) mass is 384 g/mol. The van der Waals surface area contributed by atoms with E-state index in [0.717, 1.165) is 16.9 Å². The molecular formula is C22H28N2O4.